The van der Waals surface area contributed by atoms with E-state index >= 15 is 0 Å². The summed E-state index contributed by atoms with van der Waals surface area (Å²) in [5.74, 6) is 0.443. The number of rotatable bonds is 4. The predicted molar refractivity (Wildman–Crippen MR) is 105 cm³/mol. The van der Waals surface area contributed by atoms with Crippen LogP contribution in [0.25, 0.3) is 22.2 Å². The molecule has 3 heterocycles. The maximum absolute atomic E-state index is 12.2. The van der Waals surface area contributed by atoms with Gasteiger partial charge in [0.25, 0.3) is 0 Å². The second-order valence-corrected chi connectivity index (χ2v) is 6.88. The molecule has 28 heavy (non-hydrogen) atoms. The molecule has 1 fully saturated rings. The molecule has 1 aliphatic rings. The summed E-state index contributed by atoms with van der Waals surface area (Å²) in [6, 6.07) is 5.64. The Labute approximate surface area is 166 Å². The molecule has 2 amide bonds. The van der Waals surface area contributed by atoms with Gasteiger partial charge in [0.05, 0.1) is 43.4 Å². The number of nitrogens with zero attached hydrogens (tertiary/aromatic N) is 3. The van der Waals surface area contributed by atoms with Gasteiger partial charge in [0.15, 0.2) is 0 Å². The maximum Gasteiger partial charge on any atom is 0.319 e. The van der Waals surface area contributed by atoms with E-state index in [4.69, 9.17) is 21.1 Å². The summed E-state index contributed by atoms with van der Waals surface area (Å²) in [6.45, 7) is 2.13. The third-order valence-corrected chi connectivity index (χ3v) is 4.87. The first-order valence-corrected chi connectivity index (χ1v) is 9.30. The van der Waals surface area contributed by atoms with Gasteiger partial charge in [0, 0.05) is 28.7 Å². The van der Waals surface area contributed by atoms with E-state index in [0.717, 1.165) is 28.6 Å². The number of halogens is 1. The molecule has 4 rings (SSSR count). The Hall–Kier alpha value is -2.84. The number of hydrogen-bond donors (Lipinski definition) is 2. The molecule has 1 saturated heterocycles. The first kappa shape index (κ1) is 18.5. The van der Waals surface area contributed by atoms with Crippen molar-refractivity contribution >= 4 is 28.5 Å². The molecule has 2 N–H and O–H groups in total. The molecule has 8 nitrogen and oxygen atoms in total. The normalized spacial score (nSPS) is 14.3. The Morgan fingerprint density at radius 3 is 2.96 bits per heavy atom. The largest absolute Gasteiger partial charge is 0.480 e. The zero-order valence-electron chi connectivity index (χ0n) is 15.4. The van der Waals surface area contributed by atoms with Crippen LogP contribution in [-0.4, -0.2) is 52.9 Å². The topological polar surface area (TPSA) is 92.4 Å². The number of nitrogens with one attached hydrogen (secondary N) is 2. The fourth-order valence-corrected chi connectivity index (χ4v) is 3.37. The van der Waals surface area contributed by atoms with Crippen LogP contribution < -0.4 is 10.1 Å². The van der Waals surface area contributed by atoms with Crippen molar-refractivity contribution in [2.45, 2.75) is 13.0 Å². The van der Waals surface area contributed by atoms with Crippen molar-refractivity contribution in [3.8, 4) is 17.1 Å². The Morgan fingerprint density at radius 2 is 2.25 bits per heavy atom. The van der Waals surface area contributed by atoms with Gasteiger partial charge in [-0.05, 0) is 24.6 Å². The van der Waals surface area contributed by atoms with E-state index in [9.17, 15) is 4.79 Å². The highest BCUT2D eigenvalue weighted by molar-refractivity contribution is 6.34. The minimum absolute atomic E-state index is 0.134. The van der Waals surface area contributed by atoms with Crippen LogP contribution in [0.5, 0.6) is 5.88 Å². The summed E-state index contributed by atoms with van der Waals surface area (Å²) in [7, 11) is 1.54. The average molecular weight is 402 g/mol. The molecule has 0 atom stereocenters. The minimum atomic E-state index is -0.134. The molecule has 146 valence electrons. The average Bonchev–Trinajstić information content (AvgIpc) is 3.13. The molecule has 0 spiro atoms. The molecule has 2 aromatic heterocycles. The zero-order chi connectivity index (χ0) is 19.5. The summed E-state index contributed by atoms with van der Waals surface area (Å²) in [6.07, 6.45) is 4.03. The van der Waals surface area contributed by atoms with E-state index < -0.39 is 0 Å². The summed E-state index contributed by atoms with van der Waals surface area (Å²) in [4.78, 5) is 25.7. The Bertz CT molecular complexity index is 983. The predicted octanol–water partition coefficient (Wildman–Crippen LogP) is 3.18. The number of carbonyl (C=O) groups is 1. The molecular formula is C19H20ClN5O3. The first-order valence-electron chi connectivity index (χ1n) is 8.92. The van der Waals surface area contributed by atoms with Crippen molar-refractivity contribution in [1.29, 1.82) is 0 Å². The van der Waals surface area contributed by atoms with Crippen LogP contribution >= 0.6 is 11.6 Å². The SMILES string of the molecule is COc1cnc(-c2cc3[nH]c(CNC(=O)N4CCCOC4)cc3cc2Cl)cn1. The van der Waals surface area contributed by atoms with Crippen molar-refractivity contribution in [2.75, 3.05) is 27.0 Å². The number of ether oxygens (including phenoxy) is 2. The lowest BCUT2D eigenvalue weighted by molar-refractivity contribution is 0.00871. The summed E-state index contributed by atoms with van der Waals surface area (Å²) in [5.41, 5.74) is 3.22. The Kier molecular flexibility index (Phi) is 5.31. The van der Waals surface area contributed by atoms with E-state index in [1.165, 1.54) is 0 Å². The zero-order valence-corrected chi connectivity index (χ0v) is 16.1. The summed E-state index contributed by atoms with van der Waals surface area (Å²) in [5, 5.41) is 4.44. The van der Waals surface area contributed by atoms with Crippen molar-refractivity contribution in [1.82, 2.24) is 25.2 Å². The Balaban J connectivity index is 1.51. The molecular weight excluding hydrogens is 382 g/mol. The van der Waals surface area contributed by atoms with Crippen LogP contribution in [0.3, 0.4) is 0 Å². The number of benzene rings is 1. The molecule has 3 aromatic rings. The van der Waals surface area contributed by atoms with Gasteiger partial charge in [-0.2, -0.15) is 0 Å². The van der Waals surface area contributed by atoms with Gasteiger partial charge in [-0.1, -0.05) is 11.6 Å². The van der Waals surface area contributed by atoms with Crippen molar-refractivity contribution < 1.29 is 14.3 Å². The third kappa shape index (κ3) is 3.88. The molecule has 0 aliphatic carbocycles. The van der Waals surface area contributed by atoms with Gasteiger partial charge < -0.3 is 24.7 Å². The molecule has 1 aliphatic heterocycles. The maximum atomic E-state index is 12.2. The fraction of sp³-hybridized carbons (Fsp3) is 0.316. The van der Waals surface area contributed by atoms with Crippen LogP contribution in [0.1, 0.15) is 12.1 Å². The highest BCUT2D eigenvalue weighted by Crippen LogP contribution is 2.31. The standard InChI is InChI=1S/C19H20ClN5O3/c1-27-18-10-21-17(9-22-18)14-7-16-12(6-15(14)20)5-13(24-16)8-23-19(26)25-3-2-4-28-11-25/h5-7,9-10,24H,2-4,8,11H2,1H3,(H,23,26). The number of methoxy groups -OCH3 is 1. The number of carbonyl (C=O) groups excluding carboxylic acids is 1. The van der Waals surface area contributed by atoms with Crippen molar-refractivity contribution in [3.05, 3.63) is 41.3 Å². The van der Waals surface area contributed by atoms with Gasteiger partial charge in [-0.3, -0.25) is 0 Å². The van der Waals surface area contributed by atoms with Gasteiger partial charge in [-0.15, -0.1) is 0 Å². The lowest BCUT2D eigenvalue weighted by Crippen LogP contribution is -2.44. The quantitative estimate of drug-likeness (QED) is 0.700. The van der Waals surface area contributed by atoms with Gasteiger partial charge >= 0.3 is 6.03 Å². The molecule has 0 saturated carbocycles. The van der Waals surface area contributed by atoms with Crippen LogP contribution in [0.15, 0.2) is 30.6 Å². The number of H-pyrrole nitrogens is 1. The highest BCUT2D eigenvalue weighted by atomic mass is 35.5. The number of amides is 2. The van der Waals surface area contributed by atoms with Gasteiger partial charge in [0.2, 0.25) is 5.88 Å². The lowest BCUT2D eigenvalue weighted by Gasteiger charge is -2.26. The van der Waals surface area contributed by atoms with Gasteiger partial charge in [-0.25, -0.2) is 14.8 Å². The van der Waals surface area contributed by atoms with Gasteiger partial charge in [0.1, 0.15) is 6.73 Å². The summed E-state index contributed by atoms with van der Waals surface area (Å²) < 4.78 is 10.4. The second kappa shape index (κ2) is 8.04. The number of fused-ring (bicyclic) bond motifs is 1. The smallest absolute Gasteiger partial charge is 0.319 e. The van der Waals surface area contributed by atoms with Crippen LogP contribution in [0.2, 0.25) is 5.02 Å². The van der Waals surface area contributed by atoms with E-state index in [1.807, 2.05) is 18.2 Å². The molecule has 0 unspecified atom stereocenters. The lowest BCUT2D eigenvalue weighted by atomic mass is 10.1. The summed E-state index contributed by atoms with van der Waals surface area (Å²) >= 11 is 6.45. The van der Waals surface area contributed by atoms with E-state index in [2.05, 4.69) is 20.3 Å². The second-order valence-electron chi connectivity index (χ2n) is 6.47. The van der Waals surface area contributed by atoms with Crippen LogP contribution in [0, 0.1) is 0 Å². The number of aromatic nitrogens is 3. The first-order chi connectivity index (χ1) is 13.6. The fourth-order valence-electron chi connectivity index (χ4n) is 3.10. The van der Waals surface area contributed by atoms with E-state index in [-0.39, 0.29) is 6.03 Å². The monoisotopic (exact) mass is 401 g/mol. The van der Waals surface area contributed by atoms with Crippen LogP contribution in [0.4, 0.5) is 4.79 Å². The van der Waals surface area contributed by atoms with E-state index in [1.54, 1.807) is 24.4 Å². The van der Waals surface area contributed by atoms with Crippen molar-refractivity contribution in [2.24, 2.45) is 0 Å². The van der Waals surface area contributed by atoms with E-state index in [0.29, 0.717) is 43.0 Å². The molecule has 0 bridgehead atoms. The van der Waals surface area contributed by atoms with Crippen molar-refractivity contribution in [3.63, 3.8) is 0 Å². The minimum Gasteiger partial charge on any atom is -0.480 e. The number of hydrogen-bond acceptors (Lipinski definition) is 5. The molecule has 1 aromatic carbocycles. The van der Waals surface area contributed by atoms with Crippen LogP contribution in [-0.2, 0) is 11.3 Å². The highest BCUT2D eigenvalue weighted by Gasteiger charge is 2.17. The Morgan fingerprint density at radius 1 is 1.36 bits per heavy atom. The molecule has 9 heteroatoms. The number of urea groups is 1. The molecule has 0 radical (unpaired) electrons. The third-order valence-electron chi connectivity index (χ3n) is 4.56. The number of aromatic amines is 1.